The summed E-state index contributed by atoms with van der Waals surface area (Å²) < 4.78 is 0. The first-order valence-electron chi connectivity index (χ1n) is 3.65. The van der Waals surface area contributed by atoms with E-state index in [0.29, 0.717) is 0 Å². The number of hydrogen-bond acceptors (Lipinski definition) is 4. The molecule has 0 aliphatic rings. The summed E-state index contributed by atoms with van der Waals surface area (Å²) in [6.45, 7) is 5.65. The van der Waals surface area contributed by atoms with E-state index in [4.69, 9.17) is 36.4 Å². The van der Waals surface area contributed by atoms with Gasteiger partial charge in [0.1, 0.15) is 16.1 Å². The van der Waals surface area contributed by atoms with Gasteiger partial charge in [0.05, 0.1) is 0 Å². The van der Waals surface area contributed by atoms with Crippen LogP contribution < -0.4 is 0 Å². The van der Waals surface area contributed by atoms with Crippen LogP contribution in [0.15, 0.2) is 0 Å². The van der Waals surface area contributed by atoms with Crippen molar-refractivity contribution >= 4 is 59.2 Å². The second kappa shape index (κ2) is 19.4. The van der Waals surface area contributed by atoms with E-state index < -0.39 is 24.4 Å². The molecule has 106 valence electrons. The van der Waals surface area contributed by atoms with Gasteiger partial charge in [-0.3, -0.25) is 0 Å². The van der Waals surface area contributed by atoms with Crippen LogP contribution in [0.5, 0.6) is 0 Å². The van der Waals surface area contributed by atoms with Crippen LogP contribution in [0.2, 0.25) is 19.6 Å². The van der Waals surface area contributed by atoms with Crippen LogP contribution in [0, 0.1) is 0 Å². The van der Waals surface area contributed by atoms with Gasteiger partial charge in [-0.05, 0) is 19.6 Å². The molecule has 0 aromatic carbocycles. The van der Waals surface area contributed by atoms with E-state index in [-0.39, 0.29) is 19.5 Å². The average molecular weight is 391 g/mol. The molecule has 0 radical (unpaired) electrons. The van der Waals surface area contributed by atoms with E-state index in [0.717, 1.165) is 0 Å². The fourth-order valence-electron chi connectivity index (χ4n) is 0. The van der Waals surface area contributed by atoms with Gasteiger partial charge >= 0.3 is 0 Å². The van der Waals surface area contributed by atoms with E-state index in [2.05, 4.69) is 34.8 Å². The second-order valence-corrected chi connectivity index (χ2v) is 8.36. The molecule has 0 spiro atoms. The molecule has 0 saturated heterocycles. The number of nitrogens with one attached hydrogen (secondary N) is 3. The van der Waals surface area contributed by atoms with Crippen molar-refractivity contribution in [3.05, 3.63) is 17.2 Å². The van der Waals surface area contributed by atoms with Crippen molar-refractivity contribution in [1.29, 1.82) is 0 Å². The summed E-state index contributed by atoms with van der Waals surface area (Å²) in [5, 5.41) is -3.33. The maximum Gasteiger partial charge on any atom is 0.179 e. The molecule has 4 N–H and O–H groups in total. The van der Waals surface area contributed by atoms with E-state index in [9.17, 15) is 0 Å². The molecule has 7 nitrogen and oxygen atoms in total. The monoisotopic (exact) mass is 388 g/mol. The number of rotatable bonds is 0. The number of amides is 3. The first-order valence-corrected chi connectivity index (χ1v) is 8.23. The van der Waals surface area contributed by atoms with Gasteiger partial charge in [-0.25, -0.2) is 0 Å². The zero-order valence-electron chi connectivity index (χ0n) is 10.0. The summed E-state index contributed by atoms with van der Waals surface area (Å²) in [7, 11) is -1.61. The van der Waals surface area contributed by atoms with Crippen molar-refractivity contribution in [3.8, 4) is 0 Å². The number of carbonyl (C=O) groups is 3. The molecule has 12 heteroatoms. The number of hydrogen-bond donors (Lipinski definition) is 1. The molecule has 0 aliphatic heterocycles. The molecule has 0 bridgehead atoms. The number of halogens is 3. The van der Waals surface area contributed by atoms with Crippen molar-refractivity contribution in [2.75, 3.05) is 0 Å². The zero-order valence-corrected chi connectivity index (χ0v) is 16.2. The Labute approximate surface area is 134 Å². The molecular formula is C6H13Cl3N3O4SiZn-3. The molecule has 0 rings (SSSR count). The van der Waals surface area contributed by atoms with Gasteiger partial charge in [-0.2, -0.15) is 0 Å². The van der Waals surface area contributed by atoms with Gasteiger partial charge in [-0.15, -0.1) is 0 Å². The van der Waals surface area contributed by atoms with Gasteiger partial charge in [0, 0.05) is 19.5 Å². The summed E-state index contributed by atoms with van der Waals surface area (Å²) in [6.07, 6.45) is 0. The summed E-state index contributed by atoms with van der Waals surface area (Å²) in [4.78, 5) is 35.3. The summed E-state index contributed by atoms with van der Waals surface area (Å²) in [6, 6.07) is 0. The Morgan fingerprint density at radius 3 is 0.833 bits per heavy atom. The largest absolute Gasteiger partial charge is 0.654 e. The Hall–Kier alpha value is 0.0803. The molecule has 0 aliphatic carbocycles. The molecule has 0 atom stereocenters. The molecule has 18 heavy (non-hydrogen) atoms. The Morgan fingerprint density at radius 1 is 0.833 bits per heavy atom. The zero-order chi connectivity index (χ0) is 15.2. The smallest absolute Gasteiger partial charge is 0.179 e. The minimum atomic E-state index is -1.61. The third-order valence-corrected chi connectivity index (χ3v) is 0. The van der Waals surface area contributed by atoms with E-state index in [1.165, 1.54) is 0 Å². The standard InChI is InChI=1S/C3H10OSi.3CH2ClNO.Zn/c1-5(2,3)4;3*2-1(3)4;/h4H,1-3H3;3*(H2,3,4);/p-3. The van der Waals surface area contributed by atoms with E-state index in [1.807, 2.05) is 19.6 Å². The first-order chi connectivity index (χ1) is 7.20. The molecule has 3 amide bonds. The van der Waals surface area contributed by atoms with Crippen molar-refractivity contribution in [1.82, 2.24) is 0 Å². The fourth-order valence-corrected chi connectivity index (χ4v) is 0. The van der Waals surface area contributed by atoms with Crippen molar-refractivity contribution < 1.29 is 38.7 Å². The van der Waals surface area contributed by atoms with Crippen LogP contribution in [-0.4, -0.2) is 29.2 Å². The van der Waals surface area contributed by atoms with Gasteiger partial charge in [-0.1, -0.05) is 34.8 Å². The SMILES string of the molecule is C[Si](C)(C)O.[NH-]C(=O)Cl.[NH-]C(=O)Cl.[NH-]C(=O)Cl.[Zn]. The van der Waals surface area contributed by atoms with Crippen LogP contribution in [0.1, 0.15) is 0 Å². The normalized spacial score (nSPS) is 7.50. The predicted octanol–water partition coefficient (Wildman–Crippen LogP) is 5.00. The van der Waals surface area contributed by atoms with Crippen molar-refractivity contribution in [2.24, 2.45) is 0 Å². The molecular weight excluding hydrogens is 378 g/mol. The first kappa shape index (κ1) is 30.8. The summed E-state index contributed by atoms with van der Waals surface area (Å²) in [5.41, 5.74) is 17.1. The van der Waals surface area contributed by atoms with Crippen LogP contribution in [0.25, 0.3) is 17.2 Å². The molecule has 0 fully saturated rings. The van der Waals surface area contributed by atoms with Gasteiger partial charge < -0.3 is 36.4 Å². The minimum Gasteiger partial charge on any atom is -0.654 e. The molecule has 0 aromatic rings. The maximum atomic E-state index is 8.88. The fraction of sp³-hybridized carbons (Fsp3) is 0.500. The molecule has 0 saturated carbocycles. The predicted molar refractivity (Wildman–Crippen MR) is 72.3 cm³/mol. The second-order valence-electron chi connectivity index (χ2n) is 2.99. The molecule has 0 unspecified atom stereocenters. The van der Waals surface area contributed by atoms with Gasteiger partial charge in [0.15, 0.2) is 8.32 Å². The quantitative estimate of drug-likeness (QED) is 0.352. The summed E-state index contributed by atoms with van der Waals surface area (Å²) in [5.74, 6) is 0. The van der Waals surface area contributed by atoms with Gasteiger partial charge in [0.2, 0.25) is 0 Å². The molecule has 0 aromatic heterocycles. The van der Waals surface area contributed by atoms with Gasteiger partial charge in [0.25, 0.3) is 0 Å². The topological polar surface area (TPSA) is 143 Å². The maximum absolute atomic E-state index is 8.88. The Balaban J connectivity index is -0.0000000412. The van der Waals surface area contributed by atoms with Crippen LogP contribution in [-0.2, 0) is 19.5 Å². The average Bonchev–Trinajstić information content (AvgIpc) is 1.73. The Morgan fingerprint density at radius 2 is 0.833 bits per heavy atom. The minimum absolute atomic E-state index is 0. The van der Waals surface area contributed by atoms with Crippen molar-refractivity contribution in [2.45, 2.75) is 19.6 Å². The van der Waals surface area contributed by atoms with Crippen LogP contribution in [0.3, 0.4) is 0 Å². The van der Waals surface area contributed by atoms with Crippen LogP contribution >= 0.6 is 34.8 Å². The Bertz CT molecular complexity index is 194. The summed E-state index contributed by atoms with van der Waals surface area (Å²) >= 11 is 12.9. The molecule has 0 heterocycles. The Kier molecular flexibility index (Phi) is 33.3. The third-order valence-electron chi connectivity index (χ3n) is 0. The van der Waals surface area contributed by atoms with Crippen molar-refractivity contribution in [3.63, 3.8) is 0 Å². The van der Waals surface area contributed by atoms with E-state index in [1.54, 1.807) is 0 Å². The third kappa shape index (κ3) is 568000. The van der Waals surface area contributed by atoms with Crippen LogP contribution in [0.4, 0.5) is 14.4 Å². The van der Waals surface area contributed by atoms with E-state index >= 15 is 0 Å². The number of carbonyl (C=O) groups excluding carboxylic acids is 3.